The Morgan fingerprint density at radius 3 is 2.52 bits per heavy atom. The Morgan fingerprint density at radius 1 is 1.33 bits per heavy atom. The monoisotopic (exact) mass is 326 g/mol. The van der Waals surface area contributed by atoms with Gasteiger partial charge in [0.1, 0.15) is 11.2 Å². The van der Waals surface area contributed by atoms with E-state index in [1.165, 1.54) is 36.4 Å². The summed E-state index contributed by atoms with van der Waals surface area (Å²) in [6.07, 6.45) is 3.64. The van der Waals surface area contributed by atoms with Crippen molar-refractivity contribution in [1.29, 1.82) is 0 Å². The van der Waals surface area contributed by atoms with Gasteiger partial charge in [-0.3, -0.25) is 0 Å². The summed E-state index contributed by atoms with van der Waals surface area (Å²) in [6, 6.07) is 5.67. The Kier molecular flexibility index (Phi) is 4.34. The summed E-state index contributed by atoms with van der Waals surface area (Å²) in [6.45, 7) is 5.23. The summed E-state index contributed by atoms with van der Waals surface area (Å²) in [5.74, 6) is -0.681. The first-order chi connectivity index (χ1) is 9.87. The Bertz CT molecular complexity index is 893. The number of hydrogen-bond donors (Lipinski definition) is 0. The third-order valence-electron chi connectivity index (χ3n) is 2.80. The predicted molar refractivity (Wildman–Crippen MR) is 79.7 cm³/mol. The highest BCUT2D eigenvalue weighted by Crippen LogP contribution is 2.19. The van der Waals surface area contributed by atoms with Crippen LogP contribution in [0.4, 0.5) is 4.39 Å². The van der Waals surface area contributed by atoms with Crippen LogP contribution in [0.2, 0.25) is 5.02 Å². The van der Waals surface area contributed by atoms with E-state index in [0.29, 0.717) is 5.02 Å². The number of furan rings is 1. The maximum absolute atomic E-state index is 13.7. The van der Waals surface area contributed by atoms with Gasteiger partial charge in [0.05, 0.1) is 4.90 Å². The molecule has 1 aromatic carbocycles. The van der Waals surface area contributed by atoms with Gasteiger partial charge < -0.3 is 4.42 Å². The highest BCUT2D eigenvalue weighted by molar-refractivity contribution is 7.91. The molecule has 2 aromatic rings. The van der Waals surface area contributed by atoms with E-state index in [-0.39, 0.29) is 20.4 Å². The molecule has 0 aliphatic rings. The number of allylic oxidation sites excluding steroid dienone is 2. The molecule has 0 fully saturated rings. The first-order valence-electron chi connectivity index (χ1n) is 5.97. The second-order valence-corrected chi connectivity index (χ2v) is 6.57. The minimum atomic E-state index is -3.83. The fourth-order valence-electron chi connectivity index (χ4n) is 1.76. The summed E-state index contributed by atoms with van der Waals surface area (Å²) in [5, 5.41) is 0.407. The van der Waals surface area contributed by atoms with Gasteiger partial charge in [-0.05, 0) is 37.3 Å². The van der Waals surface area contributed by atoms with Crippen molar-refractivity contribution in [3.8, 4) is 0 Å². The molecule has 0 aliphatic heterocycles. The van der Waals surface area contributed by atoms with Crippen molar-refractivity contribution in [2.24, 2.45) is 0 Å². The molecule has 0 bridgehead atoms. The van der Waals surface area contributed by atoms with E-state index < -0.39 is 15.7 Å². The van der Waals surface area contributed by atoms with Crippen LogP contribution in [-0.4, -0.2) is 8.42 Å². The molecule has 0 unspecified atom stereocenters. The van der Waals surface area contributed by atoms with Crippen molar-refractivity contribution in [3.63, 3.8) is 0 Å². The zero-order valence-corrected chi connectivity index (χ0v) is 12.7. The molecule has 0 atom stereocenters. The Balaban J connectivity index is 2.66. The van der Waals surface area contributed by atoms with E-state index in [1.807, 2.05) is 0 Å². The normalized spacial score (nSPS) is 13.7. The minimum absolute atomic E-state index is 0.0134. The molecule has 1 heterocycles. The number of benzene rings is 1. The van der Waals surface area contributed by atoms with E-state index in [9.17, 15) is 12.8 Å². The van der Waals surface area contributed by atoms with Gasteiger partial charge in [0, 0.05) is 10.2 Å². The maximum Gasteiger partial charge on any atom is 0.210 e. The fraction of sp³-hybridized carbons (Fsp3) is 0.0667. The topological polar surface area (TPSA) is 47.3 Å². The van der Waals surface area contributed by atoms with E-state index in [1.54, 1.807) is 6.92 Å². The van der Waals surface area contributed by atoms with E-state index in [2.05, 4.69) is 6.58 Å². The van der Waals surface area contributed by atoms with E-state index >= 15 is 0 Å². The van der Waals surface area contributed by atoms with Crippen LogP contribution in [0, 0.1) is 0 Å². The lowest BCUT2D eigenvalue weighted by atomic mass is 10.4. The fourth-order valence-corrected chi connectivity index (χ4v) is 3.22. The zero-order valence-electron chi connectivity index (χ0n) is 11.1. The van der Waals surface area contributed by atoms with Gasteiger partial charge in [-0.1, -0.05) is 24.3 Å². The minimum Gasteiger partial charge on any atom is -0.460 e. The summed E-state index contributed by atoms with van der Waals surface area (Å²) in [5.41, 5.74) is -0.194. The number of halogens is 2. The molecule has 0 spiro atoms. The molecular formula is C15H12ClFO3S. The van der Waals surface area contributed by atoms with Gasteiger partial charge in [-0.2, -0.15) is 0 Å². The van der Waals surface area contributed by atoms with Crippen LogP contribution in [0.3, 0.4) is 0 Å². The summed E-state index contributed by atoms with van der Waals surface area (Å²) in [7, 11) is -3.83. The van der Waals surface area contributed by atoms with E-state index in [0.717, 1.165) is 6.26 Å². The van der Waals surface area contributed by atoms with Gasteiger partial charge in [-0.25, -0.2) is 12.8 Å². The average molecular weight is 327 g/mol. The standard InChI is InChI=1S/C15H12ClFO3S/c1-3-4-13(17)15-10(2)14(9-20-15)21(18,19)12-7-5-11(16)6-8-12/h3-9H,2H2,1H3/b4-3-,15-13-. The van der Waals surface area contributed by atoms with Crippen molar-refractivity contribution in [2.75, 3.05) is 0 Å². The van der Waals surface area contributed by atoms with Crippen LogP contribution in [0.25, 0.3) is 12.4 Å². The Labute approximate surface area is 126 Å². The summed E-state index contributed by atoms with van der Waals surface area (Å²) >= 11 is 5.73. The molecule has 0 aliphatic carbocycles. The van der Waals surface area contributed by atoms with Crippen molar-refractivity contribution < 1.29 is 17.2 Å². The first-order valence-corrected chi connectivity index (χ1v) is 7.83. The summed E-state index contributed by atoms with van der Waals surface area (Å²) in [4.78, 5) is -0.130. The predicted octanol–water partition coefficient (Wildman–Crippen LogP) is 2.83. The molecule has 6 heteroatoms. The zero-order chi connectivity index (χ0) is 15.6. The smallest absolute Gasteiger partial charge is 0.210 e. The third kappa shape index (κ3) is 2.94. The lowest BCUT2D eigenvalue weighted by molar-refractivity contribution is 0.511. The van der Waals surface area contributed by atoms with Gasteiger partial charge >= 0.3 is 0 Å². The second-order valence-electron chi connectivity index (χ2n) is 4.21. The van der Waals surface area contributed by atoms with Crippen LogP contribution >= 0.6 is 11.6 Å². The Hall–Kier alpha value is -1.85. The molecule has 0 N–H and O–H groups in total. The third-order valence-corrected chi connectivity index (χ3v) is 4.87. The second kappa shape index (κ2) is 5.87. The van der Waals surface area contributed by atoms with Gasteiger partial charge in [0.15, 0.2) is 11.2 Å². The molecule has 0 saturated heterocycles. The quantitative estimate of drug-likeness (QED) is 0.871. The van der Waals surface area contributed by atoms with Crippen LogP contribution in [0.5, 0.6) is 0 Å². The van der Waals surface area contributed by atoms with Gasteiger partial charge in [0.25, 0.3) is 0 Å². The van der Waals surface area contributed by atoms with Gasteiger partial charge in [0.2, 0.25) is 9.84 Å². The molecule has 2 rings (SSSR count). The molecule has 1 aromatic heterocycles. The van der Waals surface area contributed by atoms with Crippen molar-refractivity contribution in [3.05, 3.63) is 58.3 Å². The van der Waals surface area contributed by atoms with Crippen molar-refractivity contribution in [2.45, 2.75) is 16.7 Å². The molecular weight excluding hydrogens is 315 g/mol. The SMILES string of the molecule is C=c1c(S(=O)(=O)c2ccc(Cl)cc2)co/c1=C(F)/C=C\C. The van der Waals surface area contributed by atoms with Crippen LogP contribution < -0.4 is 10.6 Å². The summed E-state index contributed by atoms with van der Waals surface area (Å²) < 4.78 is 43.7. The number of rotatable bonds is 3. The van der Waals surface area contributed by atoms with Crippen LogP contribution in [-0.2, 0) is 9.84 Å². The molecule has 110 valence electrons. The highest BCUT2D eigenvalue weighted by atomic mass is 35.5. The van der Waals surface area contributed by atoms with Crippen molar-refractivity contribution >= 4 is 33.8 Å². The van der Waals surface area contributed by atoms with Crippen molar-refractivity contribution in [1.82, 2.24) is 0 Å². The van der Waals surface area contributed by atoms with Crippen LogP contribution in [0.15, 0.2) is 56.9 Å². The number of sulfone groups is 1. The largest absolute Gasteiger partial charge is 0.460 e. The molecule has 0 amide bonds. The van der Waals surface area contributed by atoms with Gasteiger partial charge in [-0.15, -0.1) is 0 Å². The molecule has 21 heavy (non-hydrogen) atoms. The average Bonchev–Trinajstić information content (AvgIpc) is 2.82. The lowest BCUT2D eigenvalue weighted by Gasteiger charge is -2.01. The lowest BCUT2D eigenvalue weighted by Crippen LogP contribution is -2.24. The maximum atomic E-state index is 13.7. The van der Waals surface area contributed by atoms with Crippen LogP contribution in [0.1, 0.15) is 6.92 Å². The Morgan fingerprint density at radius 2 is 1.95 bits per heavy atom. The first kappa shape index (κ1) is 15.5. The molecule has 0 radical (unpaired) electrons. The molecule has 3 nitrogen and oxygen atoms in total. The molecule has 0 saturated carbocycles. The number of hydrogen-bond acceptors (Lipinski definition) is 3. The van der Waals surface area contributed by atoms with E-state index in [4.69, 9.17) is 16.0 Å². The highest BCUT2D eigenvalue weighted by Gasteiger charge is 2.21.